The molecule has 0 atom stereocenters. The van der Waals surface area contributed by atoms with E-state index >= 15 is 0 Å². The van der Waals surface area contributed by atoms with Crippen molar-refractivity contribution in [3.8, 4) is 0 Å². The molecule has 106 valence electrons. The van der Waals surface area contributed by atoms with Crippen LogP contribution in [0.2, 0.25) is 0 Å². The van der Waals surface area contributed by atoms with Gasteiger partial charge < -0.3 is 10.4 Å². The van der Waals surface area contributed by atoms with Gasteiger partial charge in [-0.2, -0.15) is 0 Å². The number of carbonyl (C=O) groups is 1. The monoisotopic (exact) mass is 278 g/mol. The molecular formula is C11H22N2O4S. The van der Waals surface area contributed by atoms with Crippen LogP contribution in [0.1, 0.15) is 40.0 Å². The van der Waals surface area contributed by atoms with Gasteiger partial charge in [0.1, 0.15) is 0 Å². The van der Waals surface area contributed by atoms with E-state index in [1.165, 1.54) is 0 Å². The number of carboxylic acids is 1. The Morgan fingerprint density at radius 3 is 2.22 bits per heavy atom. The average molecular weight is 278 g/mol. The van der Waals surface area contributed by atoms with Gasteiger partial charge in [-0.15, -0.1) is 0 Å². The number of rotatable bonds is 4. The highest BCUT2D eigenvalue weighted by atomic mass is 32.2. The minimum absolute atomic E-state index is 0.177. The van der Waals surface area contributed by atoms with Crippen molar-refractivity contribution in [3.05, 3.63) is 0 Å². The zero-order valence-electron chi connectivity index (χ0n) is 11.1. The number of nitrogens with one attached hydrogen (secondary N) is 2. The molecule has 0 radical (unpaired) electrons. The zero-order valence-corrected chi connectivity index (χ0v) is 11.9. The Morgan fingerprint density at radius 2 is 1.83 bits per heavy atom. The zero-order chi connectivity index (χ0) is 14.0. The molecule has 1 rings (SSSR count). The van der Waals surface area contributed by atoms with Gasteiger partial charge in [-0.1, -0.05) is 0 Å². The molecule has 7 heteroatoms. The summed E-state index contributed by atoms with van der Waals surface area (Å²) in [5, 5.41) is 12.1. The highest BCUT2D eigenvalue weighted by Gasteiger charge is 2.41. The summed E-state index contributed by atoms with van der Waals surface area (Å²) in [7, 11) is -3.54. The van der Waals surface area contributed by atoms with Crippen LogP contribution in [0.25, 0.3) is 0 Å². The topological polar surface area (TPSA) is 95.5 Å². The number of hydrogen-bond donors (Lipinski definition) is 3. The Morgan fingerprint density at radius 1 is 1.33 bits per heavy atom. The molecule has 1 aliphatic heterocycles. The van der Waals surface area contributed by atoms with E-state index < -0.39 is 26.3 Å². The van der Waals surface area contributed by atoms with E-state index in [0.717, 1.165) is 0 Å². The van der Waals surface area contributed by atoms with E-state index in [4.69, 9.17) is 5.11 Å². The summed E-state index contributed by atoms with van der Waals surface area (Å²) in [6, 6.07) is 0. The second-order valence-electron chi connectivity index (χ2n) is 5.82. The smallest absolute Gasteiger partial charge is 0.305 e. The van der Waals surface area contributed by atoms with Crippen molar-refractivity contribution in [2.45, 2.75) is 50.3 Å². The predicted octanol–water partition coefficient (Wildman–Crippen LogP) is 0.301. The third-order valence-corrected chi connectivity index (χ3v) is 5.52. The summed E-state index contributed by atoms with van der Waals surface area (Å²) in [5.74, 6) is -0.978. The van der Waals surface area contributed by atoms with Crippen LogP contribution < -0.4 is 10.0 Å². The SMILES string of the molecule is CC(C)(C)S(=O)(=O)NC1(CC(=O)O)CCNCC1. The lowest BCUT2D eigenvalue weighted by Gasteiger charge is -2.38. The second-order valence-corrected chi connectivity index (χ2v) is 8.25. The highest BCUT2D eigenvalue weighted by Crippen LogP contribution is 2.26. The van der Waals surface area contributed by atoms with Crippen molar-refractivity contribution < 1.29 is 18.3 Å². The summed E-state index contributed by atoms with van der Waals surface area (Å²) < 4.78 is 26.1. The third-order valence-electron chi connectivity index (χ3n) is 3.21. The minimum atomic E-state index is -3.54. The van der Waals surface area contributed by atoms with Crippen LogP contribution >= 0.6 is 0 Å². The maximum absolute atomic E-state index is 12.2. The van der Waals surface area contributed by atoms with Crippen molar-refractivity contribution in [3.63, 3.8) is 0 Å². The largest absolute Gasteiger partial charge is 0.481 e. The Hall–Kier alpha value is -0.660. The Labute approximate surface area is 108 Å². The van der Waals surface area contributed by atoms with E-state index in [1.807, 2.05) is 0 Å². The van der Waals surface area contributed by atoms with Gasteiger partial charge in [0, 0.05) is 5.54 Å². The highest BCUT2D eigenvalue weighted by molar-refractivity contribution is 7.90. The molecule has 1 saturated heterocycles. The van der Waals surface area contributed by atoms with Gasteiger partial charge in [0.15, 0.2) is 0 Å². The summed E-state index contributed by atoms with van der Waals surface area (Å²) >= 11 is 0. The molecular weight excluding hydrogens is 256 g/mol. The third kappa shape index (κ3) is 3.66. The summed E-state index contributed by atoms with van der Waals surface area (Å²) in [4.78, 5) is 11.0. The Kier molecular flexibility index (Phi) is 4.40. The van der Waals surface area contributed by atoms with Gasteiger partial charge in [0.05, 0.1) is 11.2 Å². The lowest BCUT2D eigenvalue weighted by Crippen LogP contribution is -2.58. The van der Waals surface area contributed by atoms with Crippen molar-refractivity contribution in [1.82, 2.24) is 10.0 Å². The minimum Gasteiger partial charge on any atom is -0.481 e. The van der Waals surface area contributed by atoms with Gasteiger partial charge in [0.25, 0.3) is 0 Å². The van der Waals surface area contributed by atoms with Crippen LogP contribution in [0.3, 0.4) is 0 Å². The Bertz CT molecular complexity index is 405. The average Bonchev–Trinajstić information content (AvgIpc) is 2.14. The van der Waals surface area contributed by atoms with Crippen LogP contribution in [-0.4, -0.2) is 42.9 Å². The van der Waals surface area contributed by atoms with Crippen LogP contribution in [0.5, 0.6) is 0 Å². The molecule has 6 nitrogen and oxygen atoms in total. The quantitative estimate of drug-likeness (QED) is 0.687. The van der Waals surface area contributed by atoms with E-state index in [1.54, 1.807) is 20.8 Å². The molecule has 1 fully saturated rings. The molecule has 3 N–H and O–H groups in total. The Balaban J connectivity index is 2.95. The van der Waals surface area contributed by atoms with Crippen LogP contribution in [0.4, 0.5) is 0 Å². The first-order chi connectivity index (χ1) is 8.08. The molecule has 0 amide bonds. The molecule has 0 unspecified atom stereocenters. The molecule has 0 aromatic heterocycles. The first-order valence-corrected chi connectivity index (χ1v) is 7.52. The van der Waals surface area contributed by atoms with E-state index in [9.17, 15) is 13.2 Å². The van der Waals surface area contributed by atoms with E-state index in [-0.39, 0.29) is 6.42 Å². The van der Waals surface area contributed by atoms with Crippen molar-refractivity contribution >= 4 is 16.0 Å². The first-order valence-electron chi connectivity index (χ1n) is 6.04. The van der Waals surface area contributed by atoms with Gasteiger partial charge >= 0.3 is 5.97 Å². The molecule has 0 aromatic carbocycles. The fourth-order valence-corrected chi connectivity index (χ4v) is 3.10. The molecule has 18 heavy (non-hydrogen) atoms. The summed E-state index contributed by atoms with van der Waals surface area (Å²) in [5.41, 5.74) is -0.858. The fraction of sp³-hybridized carbons (Fsp3) is 0.909. The maximum Gasteiger partial charge on any atom is 0.305 e. The summed E-state index contributed by atoms with van der Waals surface area (Å²) in [6.07, 6.45) is 0.813. The van der Waals surface area contributed by atoms with Gasteiger partial charge in [-0.05, 0) is 46.7 Å². The fourth-order valence-electron chi connectivity index (χ4n) is 1.95. The van der Waals surface area contributed by atoms with Crippen LogP contribution in [-0.2, 0) is 14.8 Å². The maximum atomic E-state index is 12.2. The first kappa shape index (κ1) is 15.4. The van der Waals surface area contributed by atoms with Gasteiger partial charge in [-0.25, -0.2) is 13.1 Å². The lowest BCUT2D eigenvalue weighted by atomic mass is 9.86. The molecule has 0 bridgehead atoms. The second kappa shape index (κ2) is 5.14. The summed E-state index contributed by atoms with van der Waals surface area (Å²) in [6.45, 7) is 6.06. The van der Waals surface area contributed by atoms with E-state index in [0.29, 0.717) is 25.9 Å². The predicted molar refractivity (Wildman–Crippen MR) is 68.9 cm³/mol. The van der Waals surface area contributed by atoms with Crippen molar-refractivity contribution in [2.75, 3.05) is 13.1 Å². The van der Waals surface area contributed by atoms with Gasteiger partial charge in [0.2, 0.25) is 10.0 Å². The number of sulfonamides is 1. The molecule has 0 aromatic rings. The van der Waals surface area contributed by atoms with Crippen LogP contribution in [0, 0.1) is 0 Å². The number of hydrogen-bond acceptors (Lipinski definition) is 4. The molecule has 1 heterocycles. The van der Waals surface area contributed by atoms with E-state index in [2.05, 4.69) is 10.0 Å². The number of piperidine rings is 1. The molecule has 0 aliphatic carbocycles. The standard InChI is InChI=1S/C11H22N2O4S/c1-10(2,3)18(16,17)13-11(8-9(14)15)4-6-12-7-5-11/h12-13H,4-8H2,1-3H3,(H,14,15). The van der Waals surface area contributed by atoms with Crippen molar-refractivity contribution in [1.29, 1.82) is 0 Å². The number of carboxylic acid groups (broad SMARTS) is 1. The van der Waals surface area contributed by atoms with Crippen molar-refractivity contribution in [2.24, 2.45) is 0 Å². The van der Waals surface area contributed by atoms with Crippen LogP contribution in [0.15, 0.2) is 0 Å². The molecule has 1 aliphatic rings. The normalized spacial score (nSPS) is 20.6. The lowest BCUT2D eigenvalue weighted by molar-refractivity contribution is -0.138. The number of aliphatic carboxylic acids is 1. The molecule has 0 saturated carbocycles. The molecule has 0 spiro atoms. The van der Waals surface area contributed by atoms with Gasteiger partial charge in [-0.3, -0.25) is 4.79 Å².